The number of hydrogen-bond donors (Lipinski definition) is 1. The Morgan fingerprint density at radius 2 is 1.93 bits per heavy atom. The van der Waals surface area contributed by atoms with E-state index in [9.17, 15) is 26.4 Å². The largest absolute Gasteiger partial charge is 0.473 e. The average Bonchev–Trinajstić information content (AvgIpc) is 3.16. The Bertz CT molecular complexity index is 1560. The molecule has 0 radical (unpaired) electrons. The Morgan fingerprint density at radius 1 is 1.20 bits per heavy atom. The summed E-state index contributed by atoms with van der Waals surface area (Å²) in [6.07, 6.45) is -1.78. The molecule has 2 fully saturated rings. The second kappa shape index (κ2) is 9.49. The van der Waals surface area contributed by atoms with Gasteiger partial charge in [0, 0.05) is 37.6 Å². The van der Waals surface area contributed by atoms with Crippen LogP contribution in [0.5, 0.6) is 5.88 Å². The summed E-state index contributed by atoms with van der Waals surface area (Å²) >= 11 is 0. The number of pyridine rings is 1. The number of alkyl halides is 3. The number of aromatic nitrogens is 5. The summed E-state index contributed by atoms with van der Waals surface area (Å²) in [4.78, 5) is 19.9. The Balaban J connectivity index is 1.46. The highest BCUT2D eigenvalue weighted by Crippen LogP contribution is 2.46. The highest BCUT2D eigenvalue weighted by atomic mass is 32.2. The van der Waals surface area contributed by atoms with Crippen molar-refractivity contribution in [1.29, 1.82) is 0 Å². The Morgan fingerprint density at radius 3 is 2.50 bits per heavy atom. The van der Waals surface area contributed by atoms with E-state index in [4.69, 9.17) is 4.74 Å². The minimum absolute atomic E-state index is 0.0231. The standard InChI is InChI=1S/C25H30F3N7O4S/c1-14-11-24(3,4)34(12-14)22-16(23(36)32-40(37,38)19-13-33(5)30-15(19)2)6-7-20(29-22)35-9-8-21(31-35)39-18-10-17(18)25(26,27)28/h6-9,13-14,17-18H,10-12H2,1-5H3,(H,32,36)/t14-,17+,18+/m0/s1. The molecule has 1 saturated heterocycles. The van der Waals surface area contributed by atoms with Gasteiger partial charge in [-0.2, -0.15) is 18.3 Å². The van der Waals surface area contributed by atoms with Crippen LogP contribution in [0, 0.1) is 18.8 Å². The number of carbonyl (C=O) groups excluding carboxylic acids is 1. The van der Waals surface area contributed by atoms with Crippen molar-refractivity contribution in [1.82, 2.24) is 29.3 Å². The Hall–Kier alpha value is -3.62. The van der Waals surface area contributed by atoms with Crippen LogP contribution in [0.4, 0.5) is 19.0 Å². The lowest BCUT2D eigenvalue weighted by molar-refractivity contribution is -0.153. The molecule has 11 nitrogen and oxygen atoms in total. The van der Waals surface area contributed by atoms with E-state index in [-0.39, 0.29) is 46.0 Å². The normalized spacial score (nSPS) is 22.4. The van der Waals surface area contributed by atoms with E-state index in [1.54, 1.807) is 7.05 Å². The summed E-state index contributed by atoms with van der Waals surface area (Å²) in [5.41, 5.74) is -0.100. The average molecular weight is 582 g/mol. The number of sulfonamides is 1. The number of nitrogens with one attached hydrogen (secondary N) is 1. The summed E-state index contributed by atoms with van der Waals surface area (Å²) in [5.74, 6) is -1.51. The SMILES string of the molecule is Cc1nn(C)cc1S(=O)(=O)NC(=O)c1ccc(-n2ccc(O[C@@H]3C[C@H]3C(F)(F)F)n2)nc1N1C[C@@H](C)CC1(C)C. The molecule has 216 valence electrons. The van der Waals surface area contributed by atoms with E-state index < -0.39 is 39.7 Å². The molecule has 1 saturated carbocycles. The topological polar surface area (TPSA) is 124 Å². The van der Waals surface area contributed by atoms with Crippen LogP contribution in [0.3, 0.4) is 0 Å². The molecule has 2 aliphatic rings. The lowest BCUT2D eigenvalue weighted by Crippen LogP contribution is -2.41. The molecule has 1 N–H and O–H groups in total. The van der Waals surface area contributed by atoms with Crippen LogP contribution in [0.2, 0.25) is 0 Å². The van der Waals surface area contributed by atoms with Gasteiger partial charge in [0.05, 0.1) is 17.2 Å². The fourth-order valence-electron chi connectivity index (χ4n) is 5.28. The number of hydrogen-bond acceptors (Lipinski definition) is 8. The van der Waals surface area contributed by atoms with Gasteiger partial charge in [0.2, 0.25) is 5.88 Å². The van der Waals surface area contributed by atoms with Gasteiger partial charge in [-0.1, -0.05) is 6.92 Å². The predicted molar refractivity (Wildman–Crippen MR) is 138 cm³/mol. The quantitative estimate of drug-likeness (QED) is 0.451. The third-order valence-electron chi connectivity index (χ3n) is 7.14. The molecule has 3 aromatic heterocycles. The fourth-order valence-corrected chi connectivity index (χ4v) is 6.47. The second-order valence-electron chi connectivity index (χ2n) is 11.1. The van der Waals surface area contributed by atoms with E-state index >= 15 is 0 Å². The maximum atomic E-state index is 13.4. The molecule has 1 aliphatic heterocycles. The van der Waals surface area contributed by atoms with Gasteiger partial charge in [-0.25, -0.2) is 22.8 Å². The highest BCUT2D eigenvalue weighted by Gasteiger charge is 2.58. The maximum Gasteiger partial charge on any atom is 0.395 e. The van der Waals surface area contributed by atoms with E-state index in [2.05, 4.69) is 26.8 Å². The van der Waals surface area contributed by atoms with Crippen LogP contribution in [0.1, 0.15) is 49.7 Å². The number of amides is 1. The zero-order valence-corrected chi connectivity index (χ0v) is 23.4. The minimum atomic E-state index is -4.32. The lowest BCUT2D eigenvalue weighted by Gasteiger charge is -2.34. The van der Waals surface area contributed by atoms with Gasteiger partial charge in [-0.15, -0.1) is 5.10 Å². The summed E-state index contributed by atoms with van der Waals surface area (Å²) in [7, 11) is -2.64. The first kappa shape index (κ1) is 27.9. The molecule has 5 rings (SSSR count). The smallest absolute Gasteiger partial charge is 0.395 e. The molecule has 0 unspecified atom stereocenters. The van der Waals surface area contributed by atoms with Crippen molar-refractivity contribution in [2.24, 2.45) is 18.9 Å². The summed E-state index contributed by atoms with van der Waals surface area (Å²) in [6.45, 7) is 8.20. The molecule has 1 aliphatic carbocycles. The van der Waals surface area contributed by atoms with E-state index in [1.807, 2.05) is 18.7 Å². The molecule has 15 heteroatoms. The second-order valence-corrected chi connectivity index (χ2v) is 12.7. The fraction of sp³-hybridized carbons (Fsp3) is 0.520. The lowest BCUT2D eigenvalue weighted by atomic mass is 9.97. The van der Waals surface area contributed by atoms with Gasteiger partial charge in [0.25, 0.3) is 15.9 Å². The molecule has 0 bridgehead atoms. The number of carbonyl (C=O) groups is 1. The van der Waals surface area contributed by atoms with Crippen molar-refractivity contribution in [2.75, 3.05) is 11.4 Å². The Kier molecular flexibility index (Phi) is 6.63. The van der Waals surface area contributed by atoms with Crippen molar-refractivity contribution >= 4 is 21.7 Å². The van der Waals surface area contributed by atoms with Crippen LogP contribution in [-0.4, -0.2) is 63.2 Å². The number of ether oxygens (including phenoxy) is 1. The van der Waals surface area contributed by atoms with E-state index in [0.717, 1.165) is 6.42 Å². The van der Waals surface area contributed by atoms with Gasteiger partial charge < -0.3 is 9.64 Å². The number of halogens is 3. The van der Waals surface area contributed by atoms with Crippen LogP contribution in [-0.2, 0) is 17.1 Å². The first-order valence-corrected chi connectivity index (χ1v) is 14.2. The van der Waals surface area contributed by atoms with Gasteiger partial charge in [0.1, 0.15) is 16.8 Å². The number of rotatable bonds is 7. The molecule has 4 heterocycles. The van der Waals surface area contributed by atoms with Crippen molar-refractivity contribution in [3.05, 3.63) is 41.9 Å². The number of anilines is 1. The minimum Gasteiger partial charge on any atom is -0.473 e. The molecule has 3 atom stereocenters. The van der Waals surface area contributed by atoms with Crippen LogP contribution < -0.4 is 14.4 Å². The predicted octanol–water partition coefficient (Wildman–Crippen LogP) is 3.38. The first-order valence-electron chi connectivity index (χ1n) is 12.7. The van der Waals surface area contributed by atoms with Crippen molar-refractivity contribution in [3.8, 4) is 11.7 Å². The third kappa shape index (κ3) is 5.38. The van der Waals surface area contributed by atoms with Crippen molar-refractivity contribution in [2.45, 2.75) is 63.3 Å². The van der Waals surface area contributed by atoms with Crippen LogP contribution in [0.25, 0.3) is 5.82 Å². The number of aryl methyl sites for hydroxylation is 2. The first-order chi connectivity index (χ1) is 18.5. The molecular weight excluding hydrogens is 551 g/mol. The summed E-state index contributed by atoms with van der Waals surface area (Å²) in [6, 6.07) is 4.39. The molecule has 3 aromatic rings. The van der Waals surface area contributed by atoms with Crippen molar-refractivity contribution in [3.63, 3.8) is 0 Å². The zero-order chi connectivity index (χ0) is 29.2. The van der Waals surface area contributed by atoms with Gasteiger partial charge in [0.15, 0.2) is 5.82 Å². The van der Waals surface area contributed by atoms with Crippen LogP contribution in [0.15, 0.2) is 35.5 Å². The third-order valence-corrected chi connectivity index (χ3v) is 8.58. The maximum absolute atomic E-state index is 13.4. The zero-order valence-electron chi connectivity index (χ0n) is 22.6. The molecule has 1 amide bonds. The van der Waals surface area contributed by atoms with Gasteiger partial charge >= 0.3 is 6.18 Å². The van der Waals surface area contributed by atoms with Crippen molar-refractivity contribution < 1.29 is 31.1 Å². The van der Waals surface area contributed by atoms with Gasteiger partial charge in [-0.3, -0.25) is 9.48 Å². The van der Waals surface area contributed by atoms with E-state index in [1.165, 1.54) is 46.9 Å². The molecule has 0 spiro atoms. The molecular formula is C25H30F3N7O4S. The van der Waals surface area contributed by atoms with Gasteiger partial charge in [-0.05, 0) is 51.7 Å². The van der Waals surface area contributed by atoms with Crippen LogP contribution >= 0.6 is 0 Å². The van der Waals surface area contributed by atoms with E-state index in [0.29, 0.717) is 6.54 Å². The Labute approximate surface area is 229 Å². The molecule has 40 heavy (non-hydrogen) atoms. The summed E-state index contributed by atoms with van der Waals surface area (Å²) < 4.78 is 74.9. The monoisotopic (exact) mass is 581 g/mol. The highest BCUT2D eigenvalue weighted by molar-refractivity contribution is 7.90. The molecule has 0 aromatic carbocycles. The summed E-state index contributed by atoms with van der Waals surface area (Å²) in [5, 5.41) is 8.26. The number of nitrogens with zero attached hydrogens (tertiary/aromatic N) is 6.